The molecule has 1 atom stereocenters. The molecule has 1 unspecified atom stereocenters. The number of aliphatic hydroxyl groups excluding tert-OH is 1. The Labute approximate surface area is 136 Å². The summed E-state index contributed by atoms with van der Waals surface area (Å²) < 4.78 is 1.11. The third-order valence-electron chi connectivity index (χ3n) is 3.87. The number of hydrogen-bond acceptors (Lipinski definition) is 1. The molecule has 1 nitrogen and oxygen atoms in total. The second-order valence-corrected chi connectivity index (χ2v) is 7.54. The molecule has 1 N–H and O–H groups in total. The summed E-state index contributed by atoms with van der Waals surface area (Å²) in [7, 11) is 0. The van der Waals surface area contributed by atoms with Gasteiger partial charge in [-0.15, -0.1) is 0 Å². The van der Waals surface area contributed by atoms with Gasteiger partial charge in [-0.25, -0.2) is 0 Å². The zero-order valence-electron chi connectivity index (χ0n) is 13.4. The maximum Gasteiger partial charge on any atom is 0.104 e. The van der Waals surface area contributed by atoms with Gasteiger partial charge in [0.25, 0.3) is 0 Å². The number of halogens is 1. The van der Waals surface area contributed by atoms with Crippen molar-refractivity contribution in [3.8, 4) is 0 Å². The van der Waals surface area contributed by atoms with Crippen molar-refractivity contribution in [1.29, 1.82) is 0 Å². The van der Waals surface area contributed by atoms with Crippen LogP contribution in [0.5, 0.6) is 0 Å². The third kappa shape index (κ3) is 3.56. The fourth-order valence-corrected chi connectivity index (χ4v) is 2.72. The highest BCUT2D eigenvalue weighted by Gasteiger charge is 2.16. The average Bonchev–Trinajstić information content (AvgIpc) is 2.42. The Balaban J connectivity index is 2.34. The van der Waals surface area contributed by atoms with Crippen LogP contribution in [0, 0.1) is 13.8 Å². The SMILES string of the molecule is Cc1cc(C(O)c2ccc(C(C)(C)C)cc2)cc(C)c1Br. The normalized spacial score (nSPS) is 13.3. The van der Waals surface area contributed by atoms with Crippen molar-refractivity contribution in [2.24, 2.45) is 0 Å². The predicted octanol–water partition coefficient (Wildman–Crippen LogP) is 5.45. The minimum atomic E-state index is -0.579. The zero-order valence-corrected chi connectivity index (χ0v) is 15.0. The van der Waals surface area contributed by atoms with Gasteiger partial charge in [0, 0.05) is 4.47 Å². The maximum absolute atomic E-state index is 10.6. The van der Waals surface area contributed by atoms with E-state index in [2.05, 4.69) is 62.7 Å². The van der Waals surface area contributed by atoms with Crippen molar-refractivity contribution >= 4 is 15.9 Å². The first-order valence-electron chi connectivity index (χ1n) is 7.25. The van der Waals surface area contributed by atoms with Crippen molar-refractivity contribution in [2.45, 2.75) is 46.1 Å². The first kappa shape index (κ1) is 16.3. The monoisotopic (exact) mass is 346 g/mol. The van der Waals surface area contributed by atoms with Crippen LogP contribution in [0.2, 0.25) is 0 Å². The van der Waals surface area contributed by atoms with Crippen LogP contribution < -0.4 is 0 Å². The van der Waals surface area contributed by atoms with Crippen molar-refractivity contribution in [3.63, 3.8) is 0 Å². The van der Waals surface area contributed by atoms with E-state index in [1.165, 1.54) is 5.56 Å². The van der Waals surface area contributed by atoms with Crippen LogP contribution in [0.25, 0.3) is 0 Å². The maximum atomic E-state index is 10.6. The Hall–Kier alpha value is -1.12. The van der Waals surface area contributed by atoms with Crippen LogP contribution in [0.15, 0.2) is 40.9 Å². The summed E-state index contributed by atoms with van der Waals surface area (Å²) in [6, 6.07) is 12.4. The molecule has 112 valence electrons. The molecule has 0 fully saturated rings. The van der Waals surface area contributed by atoms with E-state index in [4.69, 9.17) is 0 Å². The molecule has 21 heavy (non-hydrogen) atoms. The average molecular weight is 347 g/mol. The van der Waals surface area contributed by atoms with E-state index in [1.807, 2.05) is 24.3 Å². The van der Waals surface area contributed by atoms with Crippen LogP contribution in [0.3, 0.4) is 0 Å². The van der Waals surface area contributed by atoms with Crippen molar-refractivity contribution in [1.82, 2.24) is 0 Å². The van der Waals surface area contributed by atoms with E-state index in [9.17, 15) is 5.11 Å². The fourth-order valence-electron chi connectivity index (χ4n) is 2.50. The molecular weight excluding hydrogens is 324 g/mol. The Morgan fingerprint density at radius 3 is 1.81 bits per heavy atom. The molecule has 2 rings (SSSR count). The molecule has 0 bridgehead atoms. The molecule has 0 radical (unpaired) electrons. The standard InChI is InChI=1S/C19H23BrO/c1-12-10-15(11-13(2)17(12)20)18(21)14-6-8-16(9-7-14)19(3,4)5/h6-11,18,21H,1-5H3. The topological polar surface area (TPSA) is 20.2 Å². The van der Waals surface area contributed by atoms with Gasteiger partial charge >= 0.3 is 0 Å². The summed E-state index contributed by atoms with van der Waals surface area (Å²) >= 11 is 3.57. The molecule has 0 saturated carbocycles. The lowest BCUT2D eigenvalue weighted by atomic mass is 9.86. The number of rotatable bonds is 2. The molecule has 0 aromatic heterocycles. The highest BCUT2D eigenvalue weighted by molar-refractivity contribution is 9.10. The van der Waals surface area contributed by atoms with Gasteiger partial charge in [0.1, 0.15) is 6.10 Å². The van der Waals surface area contributed by atoms with Gasteiger partial charge in [0.2, 0.25) is 0 Å². The number of aryl methyl sites for hydroxylation is 2. The molecule has 0 aliphatic heterocycles. The Kier molecular flexibility index (Phi) is 4.60. The second kappa shape index (κ2) is 5.94. The van der Waals surface area contributed by atoms with Crippen molar-refractivity contribution in [3.05, 3.63) is 68.7 Å². The van der Waals surface area contributed by atoms with E-state index >= 15 is 0 Å². The second-order valence-electron chi connectivity index (χ2n) is 6.74. The molecule has 2 aromatic carbocycles. The lowest BCUT2D eigenvalue weighted by molar-refractivity contribution is 0.220. The van der Waals surface area contributed by atoms with Crippen LogP contribution in [-0.4, -0.2) is 5.11 Å². The lowest BCUT2D eigenvalue weighted by Crippen LogP contribution is -2.11. The molecule has 2 aromatic rings. The molecule has 0 heterocycles. The highest BCUT2D eigenvalue weighted by Crippen LogP contribution is 2.30. The summed E-state index contributed by atoms with van der Waals surface area (Å²) in [6.07, 6.45) is -0.579. The van der Waals surface area contributed by atoms with Crippen molar-refractivity contribution in [2.75, 3.05) is 0 Å². The van der Waals surface area contributed by atoms with E-state index in [1.54, 1.807) is 0 Å². The Morgan fingerprint density at radius 1 is 0.905 bits per heavy atom. The molecule has 0 aliphatic carbocycles. The molecule has 2 heteroatoms. The quantitative estimate of drug-likeness (QED) is 0.766. The van der Waals surface area contributed by atoms with Gasteiger partial charge in [0.05, 0.1) is 0 Å². The fraction of sp³-hybridized carbons (Fsp3) is 0.368. The Bertz CT molecular complexity index is 613. The first-order valence-corrected chi connectivity index (χ1v) is 8.04. The lowest BCUT2D eigenvalue weighted by Gasteiger charge is -2.20. The van der Waals surface area contributed by atoms with E-state index in [-0.39, 0.29) is 5.41 Å². The molecule has 0 amide bonds. The number of hydrogen-bond donors (Lipinski definition) is 1. The van der Waals surface area contributed by atoms with Gasteiger partial charge in [-0.3, -0.25) is 0 Å². The summed E-state index contributed by atoms with van der Waals surface area (Å²) in [4.78, 5) is 0. The van der Waals surface area contributed by atoms with Gasteiger partial charge in [-0.1, -0.05) is 73.1 Å². The van der Waals surface area contributed by atoms with Gasteiger partial charge < -0.3 is 5.11 Å². The van der Waals surface area contributed by atoms with Crippen LogP contribution in [0.4, 0.5) is 0 Å². The van der Waals surface area contributed by atoms with Crippen molar-refractivity contribution < 1.29 is 5.11 Å². The van der Waals surface area contributed by atoms with Gasteiger partial charge in [-0.05, 0) is 47.1 Å². The van der Waals surface area contributed by atoms with E-state index in [0.717, 1.165) is 26.7 Å². The summed E-state index contributed by atoms with van der Waals surface area (Å²) in [5.41, 5.74) is 5.59. The summed E-state index contributed by atoms with van der Waals surface area (Å²) in [6.45, 7) is 10.7. The van der Waals surface area contributed by atoms with E-state index < -0.39 is 6.10 Å². The zero-order chi connectivity index (χ0) is 15.8. The predicted molar refractivity (Wildman–Crippen MR) is 92.8 cm³/mol. The molecule has 0 saturated heterocycles. The minimum absolute atomic E-state index is 0.133. The highest BCUT2D eigenvalue weighted by atomic mass is 79.9. The Morgan fingerprint density at radius 2 is 1.38 bits per heavy atom. The third-order valence-corrected chi connectivity index (χ3v) is 5.12. The van der Waals surface area contributed by atoms with Crippen LogP contribution >= 0.6 is 15.9 Å². The first-order chi connectivity index (χ1) is 9.70. The van der Waals surface area contributed by atoms with Crippen LogP contribution in [-0.2, 0) is 5.41 Å². The van der Waals surface area contributed by atoms with Gasteiger partial charge in [-0.2, -0.15) is 0 Å². The summed E-state index contributed by atoms with van der Waals surface area (Å²) in [5, 5.41) is 10.6. The van der Waals surface area contributed by atoms with Gasteiger partial charge in [0.15, 0.2) is 0 Å². The number of aliphatic hydroxyl groups is 1. The molecule has 0 spiro atoms. The largest absolute Gasteiger partial charge is 0.384 e. The molecular formula is C19H23BrO. The minimum Gasteiger partial charge on any atom is -0.384 e. The molecule has 0 aliphatic rings. The van der Waals surface area contributed by atoms with Crippen LogP contribution in [0.1, 0.15) is 54.7 Å². The smallest absolute Gasteiger partial charge is 0.104 e. The number of benzene rings is 2. The summed E-state index contributed by atoms with van der Waals surface area (Å²) in [5.74, 6) is 0. The van der Waals surface area contributed by atoms with E-state index in [0.29, 0.717) is 0 Å².